The molecule has 3 nitrogen and oxygen atoms in total. The molecule has 0 heterocycles. The normalized spacial score (nSPS) is 19.7. The third kappa shape index (κ3) is 6.75. The fourth-order valence-corrected chi connectivity index (χ4v) is 4.70. The summed E-state index contributed by atoms with van der Waals surface area (Å²) in [6, 6.07) is 13.2. The smallest absolute Gasteiger partial charge is 0.303 e. The first-order chi connectivity index (χ1) is 14.3. The zero-order valence-electron chi connectivity index (χ0n) is 19.0. The van der Waals surface area contributed by atoms with E-state index in [2.05, 4.69) is 57.2 Å². The molecule has 0 amide bonds. The van der Waals surface area contributed by atoms with Crippen LogP contribution in [0.25, 0.3) is 10.8 Å². The molecular weight excluding hydrogens is 372 g/mol. The molecule has 3 rings (SSSR count). The summed E-state index contributed by atoms with van der Waals surface area (Å²) in [6.45, 7) is 7.07. The van der Waals surface area contributed by atoms with Crippen LogP contribution in [0.3, 0.4) is 0 Å². The predicted molar refractivity (Wildman–Crippen MR) is 124 cm³/mol. The number of rotatable bonds is 9. The van der Waals surface area contributed by atoms with E-state index in [9.17, 15) is 4.79 Å². The van der Waals surface area contributed by atoms with Crippen LogP contribution in [0.4, 0.5) is 0 Å². The predicted octanol–water partition coefficient (Wildman–Crippen LogP) is 7.40. The zero-order valence-corrected chi connectivity index (χ0v) is 19.0. The van der Waals surface area contributed by atoms with Gasteiger partial charge in [-0.25, -0.2) is 0 Å². The van der Waals surface area contributed by atoms with Gasteiger partial charge in [-0.15, -0.1) is 0 Å². The Morgan fingerprint density at radius 1 is 0.933 bits per heavy atom. The number of carboxylic acids is 1. The second kappa shape index (κ2) is 10.3. The summed E-state index contributed by atoms with van der Waals surface area (Å²) < 4.78 is 6.33. The molecule has 1 saturated carbocycles. The molecule has 2 aromatic rings. The van der Waals surface area contributed by atoms with Crippen molar-refractivity contribution in [2.24, 2.45) is 11.3 Å². The van der Waals surface area contributed by atoms with Crippen molar-refractivity contribution in [1.82, 2.24) is 0 Å². The first-order valence-corrected chi connectivity index (χ1v) is 11.7. The lowest BCUT2D eigenvalue weighted by molar-refractivity contribution is -0.137. The van der Waals surface area contributed by atoms with E-state index < -0.39 is 5.97 Å². The molecule has 0 radical (unpaired) electrons. The van der Waals surface area contributed by atoms with E-state index in [-0.39, 0.29) is 0 Å². The van der Waals surface area contributed by atoms with Crippen LogP contribution < -0.4 is 4.74 Å². The second-order valence-electron chi connectivity index (χ2n) is 10.1. The van der Waals surface area contributed by atoms with Crippen LogP contribution in [-0.2, 0) is 11.2 Å². The number of hydrogen-bond acceptors (Lipinski definition) is 2. The molecule has 0 aromatic heterocycles. The molecule has 0 atom stereocenters. The molecule has 3 heteroatoms. The molecule has 1 aliphatic carbocycles. The molecule has 1 fully saturated rings. The van der Waals surface area contributed by atoms with Crippen LogP contribution in [0.1, 0.15) is 84.1 Å². The topological polar surface area (TPSA) is 46.5 Å². The van der Waals surface area contributed by atoms with Crippen molar-refractivity contribution in [1.29, 1.82) is 0 Å². The van der Waals surface area contributed by atoms with Gasteiger partial charge in [-0.3, -0.25) is 4.79 Å². The summed E-state index contributed by atoms with van der Waals surface area (Å²) in [7, 11) is 0. The molecule has 2 aromatic carbocycles. The van der Waals surface area contributed by atoms with Gasteiger partial charge in [0.1, 0.15) is 5.75 Å². The number of ether oxygens (including phenoxy) is 1. The highest BCUT2D eigenvalue weighted by Crippen LogP contribution is 2.39. The quantitative estimate of drug-likeness (QED) is 0.438. The van der Waals surface area contributed by atoms with Crippen molar-refractivity contribution in [2.45, 2.75) is 91.1 Å². The number of carbonyl (C=O) groups is 1. The van der Waals surface area contributed by atoms with Crippen LogP contribution in [0.5, 0.6) is 5.75 Å². The van der Waals surface area contributed by atoms with E-state index >= 15 is 0 Å². The van der Waals surface area contributed by atoms with E-state index in [1.165, 1.54) is 29.2 Å². The number of aliphatic carboxylic acids is 1. The van der Waals surface area contributed by atoms with Gasteiger partial charge >= 0.3 is 5.97 Å². The van der Waals surface area contributed by atoms with Crippen molar-refractivity contribution in [2.75, 3.05) is 0 Å². The SMILES string of the molecule is CC(C)(C)C1CCC(Oc2ccc3cc(CCCCCCC(=O)O)ccc3c2)CC1. The molecule has 164 valence electrons. The number of fused-ring (bicyclic) bond motifs is 1. The Kier molecular flexibility index (Phi) is 7.80. The average molecular weight is 411 g/mol. The van der Waals surface area contributed by atoms with Crippen molar-refractivity contribution in [3.63, 3.8) is 0 Å². The molecule has 0 saturated heterocycles. The van der Waals surface area contributed by atoms with Crippen LogP contribution in [-0.4, -0.2) is 17.2 Å². The molecular formula is C27H38O3. The Labute approximate surface area is 181 Å². The van der Waals surface area contributed by atoms with Crippen LogP contribution >= 0.6 is 0 Å². The Balaban J connectivity index is 1.49. The van der Waals surface area contributed by atoms with Gasteiger partial charge in [0.25, 0.3) is 0 Å². The van der Waals surface area contributed by atoms with Crippen LogP contribution in [0.2, 0.25) is 0 Å². The third-order valence-electron chi connectivity index (χ3n) is 6.68. The molecule has 1 N–H and O–H groups in total. The zero-order chi connectivity index (χ0) is 21.6. The number of hydrogen-bond donors (Lipinski definition) is 1. The average Bonchev–Trinajstić information content (AvgIpc) is 2.70. The highest BCUT2D eigenvalue weighted by molar-refractivity contribution is 5.84. The minimum atomic E-state index is -0.689. The van der Waals surface area contributed by atoms with Crippen molar-refractivity contribution >= 4 is 16.7 Å². The summed E-state index contributed by atoms with van der Waals surface area (Å²) >= 11 is 0. The summed E-state index contributed by atoms with van der Waals surface area (Å²) in [4.78, 5) is 10.6. The standard InChI is InChI=1S/C27H38O3/c1-27(2,3)23-13-16-24(17-14-23)30-25-15-12-21-18-20(10-11-22(21)19-25)8-6-4-5-7-9-26(28)29/h10-12,15,18-19,23-24H,4-9,13-14,16-17H2,1-3H3,(H,28,29). The molecule has 30 heavy (non-hydrogen) atoms. The number of carboxylic acid groups (broad SMARTS) is 1. The van der Waals surface area contributed by atoms with Crippen molar-refractivity contribution < 1.29 is 14.6 Å². The highest BCUT2D eigenvalue weighted by atomic mass is 16.5. The number of aryl methyl sites for hydroxylation is 1. The maximum Gasteiger partial charge on any atom is 0.303 e. The van der Waals surface area contributed by atoms with Crippen LogP contribution in [0.15, 0.2) is 36.4 Å². The van der Waals surface area contributed by atoms with Gasteiger partial charge in [-0.05, 0) is 84.7 Å². The molecule has 1 aliphatic rings. The van der Waals surface area contributed by atoms with Crippen molar-refractivity contribution in [3.05, 3.63) is 42.0 Å². The monoisotopic (exact) mass is 410 g/mol. The Bertz CT molecular complexity index is 826. The number of benzene rings is 2. The highest BCUT2D eigenvalue weighted by Gasteiger charge is 2.30. The van der Waals surface area contributed by atoms with Crippen molar-refractivity contribution in [3.8, 4) is 5.75 Å². The van der Waals surface area contributed by atoms with E-state index in [0.717, 1.165) is 56.6 Å². The molecule has 0 spiro atoms. The third-order valence-corrected chi connectivity index (χ3v) is 6.68. The van der Waals surface area contributed by atoms with E-state index in [1.54, 1.807) is 0 Å². The van der Waals surface area contributed by atoms with Gasteiger partial charge in [0, 0.05) is 6.42 Å². The van der Waals surface area contributed by atoms with Gasteiger partial charge in [0.2, 0.25) is 0 Å². The Hall–Kier alpha value is -2.03. The maximum absolute atomic E-state index is 10.6. The van der Waals surface area contributed by atoms with E-state index in [1.807, 2.05) is 0 Å². The number of unbranched alkanes of at least 4 members (excludes halogenated alkanes) is 3. The Morgan fingerprint density at radius 2 is 1.60 bits per heavy atom. The second-order valence-corrected chi connectivity index (χ2v) is 10.1. The fraction of sp³-hybridized carbons (Fsp3) is 0.593. The van der Waals surface area contributed by atoms with Gasteiger partial charge < -0.3 is 9.84 Å². The molecule has 0 bridgehead atoms. The lowest BCUT2D eigenvalue weighted by Crippen LogP contribution is -2.30. The molecule has 0 unspecified atom stereocenters. The van der Waals surface area contributed by atoms with Gasteiger partial charge in [0.15, 0.2) is 0 Å². The van der Waals surface area contributed by atoms with E-state index in [4.69, 9.17) is 9.84 Å². The van der Waals surface area contributed by atoms with E-state index in [0.29, 0.717) is 17.9 Å². The lowest BCUT2D eigenvalue weighted by Gasteiger charge is -2.37. The minimum absolute atomic E-state index is 0.290. The summed E-state index contributed by atoms with van der Waals surface area (Å²) in [5.74, 6) is 1.11. The van der Waals surface area contributed by atoms with Gasteiger partial charge in [-0.1, -0.05) is 57.9 Å². The first kappa shape index (κ1) is 22.7. The lowest BCUT2D eigenvalue weighted by atomic mass is 9.72. The largest absolute Gasteiger partial charge is 0.490 e. The fourth-order valence-electron chi connectivity index (χ4n) is 4.70. The summed E-state index contributed by atoms with van der Waals surface area (Å²) in [5, 5.41) is 11.2. The Morgan fingerprint density at radius 3 is 2.30 bits per heavy atom. The van der Waals surface area contributed by atoms with Gasteiger partial charge in [-0.2, -0.15) is 0 Å². The summed E-state index contributed by atoms with van der Waals surface area (Å²) in [5.41, 5.74) is 1.76. The first-order valence-electron chi connectivity index (χ1n) is 11.7. The van der Waals surface area contributed by atoms with Gasteiger partial charge in [0.05, 0.1) is 6.10 Å². The minimum Gasteiger partial charge on any atom is -0.490 e. The molecule has 0 aliphatic heterocycles. The van der Waals surface area contributed by atoms with Crippen LogP contribution in [0, 0.1) is 11.3 Å². The summed E-state index contributed by atoms with van der Waals surface area (Å²) in [6.07, 6.45) is 10.5. The maximum atomic E-state index is 10.6.